The summed E-state index contributed by atoms with van der Waals surface area (Å²) in [5.74, 6) is 0. The van der Waals surface area contributed by atoms with Crippen LogP contribution in [0.3, 0.4) is 0 Å². The van der Waals surface area contributed by atoms with Crippen molar-refractivity contribution in [3.05, 3.63) is 29.6 Å². The molecule has 72 valence electrons. The van der Waals surface area contributed by atoms with E-state index in [0.29, 0.717) is 12.6 Å². The van der Waals surface area contributed by atoms with Gasteiger partial charge in [0.15, 0.2) is 0 Å². The summed E-state index contributed by atoms with van der Waals surface area (Å²) in [7, 11) is 0. The minimum atomic E-state index is 0.509. The summed E-state index contributed by atoms with van der Waals surface area (Å²) < 4.78 is 0. The average Bonchev–Trinajstić information content (AvgIpc) is 2.15. The molecule has 1 aromatic heterocycles. The average molecular weight is 179 g/mol. The van der Waals surface area contributed by atoms with Crippen LogP contribution in [0.2, 0.25) is 0 Å². The van der Waals surface area contributed by atoms with Crippen molar-refractivity contribution in [3.63, 3.8) is 0 Å². The molecule has 0 unspecified atom stereocenters. The smallest absolute Gasteiger partial charge is 0.0542 e. The maximum atomic E-state index is 5.49. The number of nitrogens with zero attached hydrogens (tertiary/aromatic N) is 1. The van der Waals surface area contributed by atoms with Crippen LogP contribution in [0.15, 0.2) is 18.3 Å². The molecule has 3 heteroatoms. The molecule has 0 aromatic carbocycles. The topological polar surface area (TPSA) is 50.9 Å². The van der Waals surface area contributed by atoms with E-state index >= 15 is 0 Å². The fourth-order valence-electron chi connectivity index (χ4n) is 1.07. The predicted octanol–water partition coefficient (Wildman–Crippen LogP) is 1.04. The number of nitrogens with two attached hydrogens (primary N) is 1. The van der Waals surface area contributed by atoms with Gasteiger partial charge in [-0.2, -0.15) is 0 Å². The number of pyridine rings is 1. The van der Waals surface area contributed by atoms with Crippen LogP contribution in [0.4, 0.5) is 0 Å². The Kier molecular flexibility index (Phi) is 3.86. The number of hydrogen-bond donors (Lipinski definition) is 2. The molecule has 0 aliphatic heterocycles. The van der Waals surface area contributed by atoms with Gasteiger partial charge in [-0.15, -0.1) is 0 Å². The minimum absolute atomic E-state index is 0.509. The van der Waals surface area contributed by atoms with Crippen LogP contribution in [-0.2, 0) is 13.1 Å². The Labute approximate surface area is 79.4 Å². The van der Waals surface area contributed by atoms with E-state index in [1.165, 1.54) is 5.56 Å². The Bertz CT molecular complexity index is 258. The lowest BCUT2D eigenvalue weighted by Crippen LogP contribution is -2.21. The van der Waals surface area contributed by atoms with Gasteiger partial charge < -0.3 is 11.1 Å². The lowest BCUT2D eigenvalue weighted by atomic mass is 10.2. The van der Waals surface area contributed by atoms with E-state index in [2.05, 4.69) is 24.1 Å². The first-order chi connectivity index (χ1) is 6.22. The third-order valence-electron chi connectivity index (χ3n) is 1.80. The van der Waals surface area contributed by atoms with Gasteiger partial charge in [-0.3, -0.25) is 4.98 Å². The second-order valence-corrected chi connectivity index (χ2v) is 3.40. The molecule has 0 atom stereocenters. The van der Waals surface area contributed by atoms with E-state index in [1.807, 2.05) is 12.1 Å². The van der Waals surface area contributed by atoms with Crippen LogP contribution in [0.1, 0.15) is 25.1 Å². The van der Waals surface area contributed by atoms with Crippen molar-refractivity contribution >= 4 is 0 Å². The second-order valence-electron chi connectivity index (χ2n) is 3.40. The van der Waals surface area contributed by atoms with Gasteiger partial charge in [0.2, 0.25) is 0 Å². The van der Waals surface area contributed by atoms with E-state index in [9.17, 15) is 0 Å². The summed E-state index contributed by atoms with van der Waals surface area (Å²) in [6, 6.07) is 4.55. The first-order valence-corrected chi connectivity index (χ1v) is 4.59. The second kappa shape index (κ2) is 4.94. The molecule has 13 heavy (non-hydrogen) atoms. The fourth-order valence-corrected chi connectivity index (χ4v) is 1.07. The van der Waals surface area contributed by atoms with Crippen molar-refractivity contribution in [2.24, 2.45) is 5.73 Å². The van der Waals surface area contributed by atoms with Crippen molar-refractivity contribution < 1.29 is 0 Å². The summed E-state index contributed by atoms with van der Waals surface area (Å²) in [5, 5.41) is 3.34. The lowest BCUT2D eigenvalue weighted by molar-refractivity contribution is 0.588. The van der Waals surface area contributed by atoms with E-state index in [4.69, 9.17) is 5.73 Å². The monoisotopic (exact) mass is 179 g/mol. The first-order valence-electron chi connectivity index (χ1n) is 4.59. The van der Waals surface area contributed by atoms with Gasteiger partial charge in [-0.1, -0.05) is 13.8 Å². The third-order valence-corrected chi connectivity index (χ3v) is 1.80. The van der Waals surface area contributed by atoms with Gasteiger partial charge in [-0.25, -0.2) is 0 Å². The summed E-state index contributed by atoms with van der Waals surface area (Å²) >= 11 is 0. The zero-order chi connectivity index (χ0) is 9.68. The van der Waals surface area contributed by atoms with Crippen molar-refractivity contribution in [2.75, 3.05) is 0 Å². The van der Waals surface area contributed by atoms with E-state index in [0.717, 1.165) is 12.2 Å². The highest BCUT2D eigenvalue weighted by Crippen LogP contribution is 2.01. The van der Waals surface area contributed by atoms with Gasteiger partial charge in [0.05, 0.1) is 5.69 Å². The standard InChI is InChI=1S/C10H17N3/c1-8(2)13-7-9-3-4-12-10(5-9)6-11/h3-5,8,13H,6-7,11H2,1-2H3. The molecule has 0 aliphatic carbocycles. The third kappa shape index (κ3) is 3.53. The minimum Gasteiger partial charge on any atom is -0.325 e. The SMILES string of the molecule is CC(C)NCc1ccnc(CN)c1. The fraction of sp³-hybridized carbons (Fsp3) is 0.500. The zero-order valence-corrected chi connectivity index (χ0v) is 8.25. The van der Waals surface area contributed by atoms with Gasteiger partial charge in [0.25, 0.3) is 0 Å². The predicted molar refractivity (Wildman–Crippen MR) is 54.1 cm³/mol. The molecule has 3 N–H and O–H groups in total. The molecule has 1 aromatic rings. The van der Waals surface area contributed by atoms with Crippen LogP contribution in [0, 0.1) is 0 Å². The van der Waals surface area contributed by atoms with Crippen LogP contribution in [-0.4, -0.2) is 11.0 Å². The van der Waals surface area contributed by atoms with Crippen LogP contribution < -0.4 is 11.1 Å². The quantitative estimate of drug-likeness (QED) is 0.726. The highest BCUT2D eigenvalue weighted by Gasteiger charge is 1.96. The molecule has 3 nitrogen and oxygen atoms in total. The van der Waals surface area contributed by atoms with Gasteiger partial charge >= 0.3 is 0 Å². The van der Waals surface area contributed by atoms with Crippen LogP contribution in [0.25, 0.3) is 0 Å². The van der Waals surface area contributed by atoms with Crippen molar-refractivity contribution in [1.82, 2.24) is 10.3 Å². The number of nitrogens with one attached hydrogen (secondary N) is 1. The Morgan fingerprint density at radius 2 is 2.31 bits per heavy atom. The van der Waals surface area contributed by atoms with Crippen LogP contribution >= 0.6 is 0 Å². The summed E-state index contributed by atoms with van der Waals surface area (Å²) in [5.41, 5.74) is 7.68. The number of hydrogen-bond acceptors (Lipinski definition) is 3. The van der Waals surface area contributed by atoms with Gasteiger partial charge in [0.1, 0.15) is 0 Å². The molecule has 0 saturated heterocycles. The Morgan fingerprint density at radius 1 is 1.54 bits per heavy atom. The molecule has 1 heterocycles. The van der Waals surface area contributed by atoms with E-state index in [-0.39, 0.29) is 0 Å². The largest absolute Gasteiger partial charge is 0.325 e. The molecule has 0 spiro atoms. The Morgan fingerprint density at radius 3 is 2.92 bits per heavy atom. The molecule has 0 fully saturated rings. The van der Waals surface area contributed by atoms with Crippen molar-refractivity contribution in [1.29, 1.82) is 0 Å². The maximum absolute atomic E-state index is 5.49. The first kappa shape index (κ1) is 10.2. The van der Waals surface area contributed by atoms with Gasteiger partial charge in [0, 0.05) is 25.3 Å². The Hall–Kier alpha value is -0.930. The highest BCUT2D eigenvalue weighted by atomic mass is 14.9. The molecule has 0 aliphatic rings. The molecule has 1 rings (SSSR count). The maximum Gasteiger partial charge on any atom is 0.0542 e. The number of rotatable bonds is 4. The lowest BCUT2D eigenvalue weighted by Gasteiger charge is -2.08. The van der Waals surface area contributed by atoms with E-state index in [1.54, 1.807) is 6.20 Å². The Balaban J connectivity index is 2.56. The summed E-state index contributed by atoms with van der Waals surface area (Å²) in [6.45, 7) is 5.65. The summed E-state index contributed by atoms with van der Waals surface area (Å²) in [6.07, 6.45) is 1.81. The highest BCUT2D eigenvalue weighted by molar-refractivity contribution is 5.16. The van der Waals surface area contributed by atoms with Crippen molar-refractivity contribution in [3.8, 4) is 0 Å². The normalized spacial score (nSPS) is 10.8. The molecule has 0 saturated carbocycles. The molecular weight excluding hydrogens is 162 g/mol. The molecular formula is C10H17N3. The van der Waals surface area contributed by atoms with Crippen molar-refractivity contribution in [2.45, 2.75) is 33.0 Å². The van der Waals surface area contributed by atoms with Crippen LogP contribution in [0.5, 0.6) is 0 Å². The number of aromatic nitrogens is 1. The molecule has 0 bridgehead atoms. The van der Waals surface area contributed by atoms with E-state index < -0.39 is 0 Å². The molecule has 0 radical (unpaired) electrons. The summed E-state index contributed by atoms with van der Waals surface area (Å²) in [4.78, 5) is 4.13. The molecule has 0 amide bonds. The zero-order valence-electron chi connectivity index (χ0n) is 8.25. The van der Waals surface area contributed by atoms with Gasteiger partial charge in [-0.05, 0) is 17.7 Å².